The lowest BCUT2D eigenvalue weighted by Gasteiger charge is -2.26. The van der Waals surface area contributed by atoms with Crippen LogP contribution in [0.15, 0.2) is 109 Å². The summed E-state index contributed by atoms with van der Waals surface area (Å²) >= 11 is 0. The smallest absolute Gasteiger partial charge is 0.122 e. The summed E-state index contributed by atoms with van der Waals surface area (Å²) in [4.78, 5) is 0. The van der Waals surface area contributed by atoms with E-state index in [1.165, 1.54) is 0 Å². The lowest BCUT2D eigenvalue weighted by atomic mass is 9.78. The van der Waals surface area contributed by atoms with Crippen LogP contribution in [0.2, 0.25) is 0 Å². The monoisotopic (exact) mass is 528 g/mol. The maximum Gasteiger partial charge on any atom is 0.122 e. The molecule has 0 spiro atoms. The van der Waals surface area contributed by atoms with Gasteiger partial charge >= 0.3 is 0 Å². The highest BCUT2D eigenvalue weighted by Crippen LogP contribution is 2.33. The number of rotatable bonds is 14. The van der Waals surface area contributed by atoms with Crippen molar-refractivity contribution in [3.8, 4) is 23.0 Å². The molecule has 0 heterocycles. The fourth-order valence-electron chi connectivity index (χ4n) is 4.00. The minimum Gasteiger partial charge on any atom is -0.491 e. The van der Waals surface area contributed by atoms with Gasteiger partial charge in [0, 0.05) is 5.41 Å². The van der Waals surface area contributed by atoms with E-state index in [4.69, 9.17) is 18.9 Å². The van der Waals surface area contributed by atoms with Crippen LogP contribution < -0.4 is 18.9 Å². The Hall–Kier alpha value is -4.00. The van der Waals surface area contributed by atoms with E-state index < -0.39 is 12.2 Å². The number of hydrogen-bond donors (Lipinski definition) is 2. The first-order chi connectivity index (χ1) is 18.9. The second kappa shape index (κ2) is 13.7. The van der Waals surface area contributed by atoms with Crippen molar-refractivity contribution in [3.63, 3.8) is 0 Å². The van der Waals surface area contributed by atoms with E-state index in [2.05, 4.69) is 13.8 Å². The summed E-state index contributed by atoms with van der Waals surface area (Å²) in [6.07, 6.45) is -1.47. The fraction of sp³-hybridized carbons (Fsp3) is 0.273. The Morgan fingerprint density at radius 2 is 0.744 bits per heavy atom. The molecule has 0 saturated heterocycles. The molecule has 6 heteroatoms. The van der Waals surface area contributed by atoms with Crippen molar-refractivity contribution in [3.05, 3.63) is 120 Å². The first-order valence-electron chi connectivity index (χ1n) is 13.1. The molecule has 204 valence electrons. The van der Waals surface area contributed by atoms with Gasteiger partial charge < -0.3 is 29.2 Å². The largest absolute Gasteiger partial charge is 0.491 e. The number of ether oxygens (including phenoxy) is 4. The summed E-state index contributed by atoms with van der Waals surface area (Å²) < 4.78 is 22.7. The quantitative estimate of drug-likeness (QED) is 0.220. The highest BCUT2D eigenvalue weighted by Gasteiger charge is 2.23. The molecule has 4 aromatic carbocycles. The molecule has 0 aliphatic carbocycles. The Balaban J connectivity index is 1.23. The number of aliphatic hydroxyl groups excluding tert-OH is 2. The van der Waals surface area contributed by atoms with E-state index in [1.54, 1.807) is 0 Å². The Bertz CT molecular complexity index is 1140. The van der Waals surface area contributed by atoms with Crippen LogP contribution in [0, 0.1) is 0 Å². The van der Waals surface area contributed by atoms with Crippen LogP contribution in [-0.4, -0.2) is 48.8 Å². The number of para-hydroxylation sites is 2. The molecule has 4 rings (SSSR count). The fourth-order valence-corrected chi connectivity index (χ4v) is 4.00. The van der Waals surface area contributed by atoms with Crippen molar-refractivity contribution in [1.29, 1.82) is 0 Å². The number of hydrogen-bond acceptors (Lipinski definition) is 6. The summed E-state index contributed by atoms with van der Waals surface area (Å²) in [5.74, 6) is 2.81. The minimum absolute atomic E-state index is 0.143. The van der Waals surface area contributed by atoms with Crippen molar-refractivity contribution in [2.24, 2.45) is 0 Å². The zero-order valence-corrected chi connectivity index (χ0v) is 22.4. The van der Waals surface area contributed by atoms with Crippen molar-refractivity contribution in [1.82, 2.24) is 0 Å². The molecule has 6 nitrogen and oxygen atoms in total. The van der Waals surface area contributed by atoms with Gasteiger partial charge in [0.25, 0.3) is 0 Å². The molecule has 0 bridgehead atoms. The number of aliphatic hydroxyl groups is 2. The van der Waals surface area contributed by atoms with E-state index >= 15 is 0 Å². The summed E-state index contributed by atoms with van der Waals surface area (Å²) in [6.45, 7) is 4.93. The highest BCUT2D eigenvalue weighted by molar-refractivity contribution is 5.42. The van der Waals surface area contributed by atoms with Crippen LogP contribution in [0.25, 0.3) is 0 Å². The summed E-state index contributed by atoms with van der Waals surface area (Å²) in [5.41, 5.74) is 2.01. The zero-order valence-electron chi connectivity index (χ0n) is 22.4. The van der Waals surface area contributed by atoms with Crippen molar-refractivity contribution < 1.29 is 29.2 Å². The predicted molar refractivity (Wildman–Crippen MR) is 152 cm³/mol. The SMILES string of the molecule is CC(C)(c1ccc(OC[C@H](O)COc2ccccc2)cc1)c1ccc(OC[C@@H](O)COc2ccccc2)cc1. The van der Waals surface area contributed by atoms with Gasteiger partial charge in [-0.05, 0) is 59.7 Å². The topological polar surface area (TPSA) is 77.4 Å². The Kier molecular flexibility index (Phi) is 9.84. The van der Waals surface area contributed by atoms with Gasteiger partial charge in [-0.25, -0.2) is 0 Å². The maximum absolute atomic E-state index is 10.2. The van der Waals surface area contributed by atoms with Crippen LogP contribution in [0.3, 0.4) is 0 Å². The standard InChI is InChI=1S/C33H36O6/c1-33(2,25-13-17-31(18-14-25)38-23-27(34)21-36-29-9-5-3-6-10-29)26-15-19-32(20-16-26)39-24-28(35)22-37-30-11-7-4-8-12-30/h3-20,27-28,34-35H,21-24H2,1-2H3/t27-,28+. The molecule has 2 atom stereocenters. The third kappa shape index (κ3) is 8.50. The third-order valence-corrected chi connectivity index (χ3v) is 6.41. The van der Waals surface area contributed by atoms with Gasteiger partial charge in [-0.3, -0.25) is 0 Å². The Morgan fingerprint density at radius 1 is 0.462 bits per heavy atom. The molecule has 2 N–H and O–H groups in total. The highest BCUT2D eigenvalue weighted by atomic mass is 16.5. The predicted octanol–water partition coefficient (Wildman–Crippen LogP) is 5.65. The summed E-state index contributed by atoms with van der Waals surface area (Å²) in [7, 11) is 0. The van der Waals surface area contributed by atoms with Gasteiger partial charge in [0.1, 0.15) is 61.6 Å². The van der Waals surface area contributed by atoms with E-state index in [9.17, 15) is 10.2 Å². The van der Waals surface area contributed by atoms with E-state index in [0.29, 0.717) is 23.0 Å². The molecule has 0 aromatic heterocycles. The number of benzene rings is 4. The molecule has 0 fully saturated rings. The normalized spacial score (nSPS) is 12.8. The molecule has 0 aliphatic rings. The lowest BCUT2D eigenvalue weighted by molar-refractivity contribution is 0.0626. The minimum atomic E-state index is -0.737. The molecule has 0 radical (unpaired) electrons. The van der Waals surface area contributed by atoms with Crippen molar-refractivity contribution in [2.45, 2.75) is 31.5 Å². The molecule has 0 amide bonds. The zero-order chi connectivity index (χ0) is 27.5. The van der Waals surface area contributed by atoms with Gasteiger partial charge in [0.2, 0.25) is 0 Å². The average Bonchev–Trinajstić information content (AvgIpc) is 2.98. The van der Waals surface area contributed by atoms with E-state index in [1.807, 2.05) is 109 Å². The van der Waals surface area contributed by atoms with Gasteiger partial charge in [-0.15, -0.1) is 0 Å². The first kappa shape index (κ1) is 28.0. The Labute approximate surface area is 230 Å². The molecule has 0 saturated carbocycles. The molecule has 4 aromatic rings. The second-order valence-electron chi connectivity index (χ2n) is 9.85. The van der Waals surface area contributed by atoms with Crippen LogP contribution >= 0.6 is 0 Å². The van der Waals surface area contributed by atoms with Crippen molar-refractivity contribution >= 4 is 0 Å². The molecule has 0 unspecified atom stereocenters. The second-order valence-corrected chi connectivity index (χ2v) is 9.85. The molecule has 39 heavy (non-hydrogen) atoms. The molecule has 0 aliphatic heterocycles. The summed E-state index contributed by atoms with van der Waals surface area (Å²) in [6, 6.07) is 34.6. The van der Waals surface area contributed by atoms with Gasteiger partial charge in [0.05, 0.1) is 0 Å². The van der Waals surface area contributed by atoms with Gasteiger partial charge in [-0.1, -0.05) is 74.5 Å². The lowest BCUT2D eigenvalue weighted by Crippen LogP contribution is -2.25. The average molecular weight is 529 g/mol. The molecular formula is C33H36O6. The van der Waals surface area contributed by atoms with Crippen LogP contribution in [0.5, 0.6) is 23.0 Å². The maximum atomic E-state index is 10.2. The van der Waals surface area contributed by atoms with Gasteiger partial charge in [-0.2, -0.15) is 0 Å². The van der Waals surface area contributed by atoms with Crippen molar-refractivity contribution in [2.75, 3.05) is 26.4 Å². The van der Waals surface area contributed by atoms with Gasteiger partial charge in [0.15, 0.2) is 0 Å². The first-order valence-corrected chi connectivity index (χ1v) is 13.1. The van der Waals surface area contributed by atoms with Crippen LogP contribution in [0.4, 0.5) is 0 Å². The van der Waals surface area contributed by atoms with Crippen LogP contribution in [0.1, 0.15) is 25.0 Å². The van der Waals surface area contributed by atoms with E-state index in [0.717, 1.165) is 11.1 Å². The van der Waals surface area contributed by atoms with Crippen LogP contribution in [-0.2, 0) is 5.41 Å². The van der Waals surface area contributed by atoms with E-state index in [-0.39, 0.29) is 31.8 Å². The summed E-state index contributed by atoms with van der Waals surface area (Å²) in [5, 5.41) is 20.4. The third-order valence-electron chi connectivity index (χ3n) is 6.41. The Morgan fingerprint density at radius 3 is 1.05 bits per heavy atom. The molecular weight excluding hydrogens is 492 g/mol.